The number of nitrogens with two attached hydrogens (primary N) is 1. The number of carbonyl (C=O) groups is 2. The van der Waals surface area contributed by atoms with Gasteiger partial charge in [-0.05, 0) is 47.8 Å². The molecule has 26 heavy (non-hydrogen) atoms. The lowest BCUT2D eigenvalue weighted by Crippen LogP contribution is -2.32. The van der Waals surface area contributed by atoms with Gasteiger partial charge in [0.15, 0.2) is 0 Å². The summed E-state index contributed by atoms with van der Waals surface area (Å²) < 4.78 is 0. The fourth-order valence-electron chi connectivity index (χ4n) is 2.32. The lowest BCUT2D eigenvalue weighted by atomic mass is 10.2. The van der Waals surface area contributed by atoms with Gasteiger partial charge < -0.3 is 10.6 Å². The molecule has 132 valence electrons. The number of thiophene rings is 1. The molecular formula is C19H17N3O2S2. The molecule has 0 bridgehead atoms. The normalized spacial score (nSPS) is 10.3. The van der Waals surface area contributed by atoms with E-state index in [1.54, 1.807) is 24.3 Å². The summed E-state index contributed by atoms with van der Waals surface area (Å²) >= 11 is 2.50. The molecule has 0 saturated carbocycles. The van der Waals surface area contributed by atoms with Crippen LogP contribution in [0.4, 0.5) is 5.69 Å². The van der Waals surface area contributed by atoms with Crippen molar-refractivity contribution in [1.82, 2.24) is 5.32 Å². The van der Waals surface area contributed by atoms with Crippen molar-refractivity contribution in [3.8, 4) is 10.4 Å². The average Bonchev–Trinajstić information content (AvgIpc) is 3.17. The molecule has 0 aliphatic carbocycles. The lowest BCUT2D eigenvalue weighted by Gasteiger charge is -2.07. The van der Waals surface area contributed by atoms with E-state index in [1.807, 2.05) is 42.5 Å². The van der Waals surface area contributed by atoms with E-state index in [2.05, 4.69) is 10.6 Å². The van der Waals surface area contributed by atoms with E-state index in [0.29, 0.717) is 10.6 Å². The van der Waals surface area contributed by atoms with Crippen molar-refractivity contribution in [3.05, 3.63) is 71.6 Å². The summed E-state index contributed by atoms with van der Waals surface area (Å²) in [6.07, 6.45) is 0. The second-order valence-corrected chi connectivity index (χ2v) is 7.20. The Morgan fingerprint density at radius 3 is 2.58 bits per heavy atom. The quantitative estimate of drug-likeness (QED) is 0.566. The summed E-state index contributed by atoms with van der Waals surface area (Å²) in [5, 5.41) is 10.9. The number of amides is 2. The molecule has 3 aromatic rings. The topological polar surface area (TPSA) is 84.2 Å². The Kier molecular flexibility index (Phi) is 6.06. The van der Waals surface area contributed by atoms with Crippen LogP contribution in [0, 0.1) is 0 Å². The molecule has 0 saturated heterocycles. The number of hydrogen-bond donors (Lipinski definition) is 3. The molecule has 4 N–H and O–H groups in total. The standard InChI is InChI=1S/C19H17N3O2S2/c20-26-15-8-4-7-14(11-15)22-18(23)12-21-19(24)17-10-9-16(25-17)13-5-2-1-3-6-13/h1-11H,12,20H2,(H,21,24)(H,22,23). The van der Waals surface area contributed by atoms with E-state index < -0.39 is 0 Å². The van der Waals surface area contributed by atoms with Gasteiger partial charge in [0, 0.05) is 15.5 Å². The molecule has 0 radical (unpaired) electrons. The highest BCUT2D eigenvalue weighted by molar-refractivity contribution is 7.97. The molecule has 0 fully saturated rings. The van der Waals surface area contributed by atoms with Gasteiger partial charge >= 0.3 is 0 Å². The van der Waals surface area contributed by atoms with E-state index >= 15 is 0 Å². The zero-order valence-electron chi connectivity index (χ0n) is 13.8. The van der Waals surface area contributed by atoms with Crippen LogP contribution >= 0.6 is 23.3 Å². The third-order valence-corrected chi connectivity index (χ3v) is 5.21. The second-order valence-electron chi connectivity index (χ2n) is 5.41. The van der Waals surface area contributed by atoms with Crippen LogP contribution in [0.3, 0.4) is 0 Å². The lowest BCUT2D eigenvalue weighted by molar-refractivity contribution is -0.115. The first kappa shape index (κ1) is 18.2. The highest BCUT2D eigenvalue weighted by atomic mass is 32.2. The molecule has 2 amide bonds. The van der Waals surface area contributed by atoms with Crippen molar-refractivity contribution in [2.24, 2.45) is 5.14 Å². The zero-order chi connectivity index (χ0) is 18.4. The summed E-state index contributed by atoms with van der Waals surface area (Å²) in [6, 6.07) is 20.7. The SMILES string of the molecule is NSc1cccc(NC(=O)CNC(=O)c2ccc(-c3ccccc3)s2)c1. The molecule has 1 heterocycles. The number of rotatable bonds is 6. The van der Waals surface area contributed by atoms with Crippen LogP contribution in [-0.4, -0.2) is 18.4 Å². The maximum atomic E-state index is 12.2. The molecule has 0 aliphatic rings. The summed E-state index contributed by atoms with van der Waals surface area (Å²) in [4.78, 5) is 26.7. The first-order chi connectivity index (χ1) is 12.7. The van der Waals surface area contributed by atoms with Gasteiger partial charge in [0.05, 0.1) is 11.4 Å². The van der Waals surface area contributed by atoms with Crippen LogP contribution in [0.15, 0.2) is 71.6 Å². The highest BCUT2D eigenvalue weighted by Crippen LogP contribution is 2.27. The third kappa shape index (κ3) is 4.72. The van der Waals surface area contributed by atoms with E-state index in [0.717, 1.165) is 27.3 Å². The molecule has 3 rings (SSSR count). The Labute approximate surface area is 159 Å². The summed E-state index contributed by atoms with van der Waals surface area (Å²) in [6.45, 7) is -0.0998. The number of benzene rings is 2. The van der Waals surface area contributed by atoms with Gasteiger partial charge in [-0.1, -0.05) is 36.4 Å². The molecule has 0 atom stereocenters. The van der Waals surface area contributed by atoms with E-state index in [1.165, 1.54) is 11.3 Å². The first-order valence-electron chi connectivity index (χ1n) is 7.86. The van der Waals surface area contributed by atoms with Crippen LogP contribution in [-0.2, 0) is 4.79 Å². The maximum absolute atomic E-state index is 12.2. The molecule has 0 unspecified atom stereocenters. The third-order valence-electron chi connectivity index (χ3n) is 3.55. The van der Waals surface area contributed by atoms with Crippen molar-refractivity contribution in [2.45, 2.75) is 4.90 Å². The van der Waals surface area contributed by atoms with Crippen LogP contribution in [0.2, 0.25) is 0 Å². The molecule has 7 heteroatoms. The van der Waals surface area contributed by atoms with Gasteiger partial charge in [-0.2, -0.15) is 0 Å². The Hall–Kier alpha value is -2.61. The molecular weight excluding hydrogens is 366 g/mol. The predicted octanol–water partition coefficient (Wildman–Crippen LogP) is 3.75. The van der Waals surface area contributed by atoms with Gasteiger partial charge in [-0.15, -0.1) is 11.3 Å². The smallest absolute Gasteiger partial charge is 0.261 e. The van der Waals surface area contributed by atoms with Crippen LogP contribution in [0.1, 0.15) is 9.67 Å². The van der Waals surface area contributed by atoms with E-state index in [4.69, 9.17) is 5.14 Å². The van der Waals surface area contributed by atoms with E-state index in [-0.39, 0.29) is 18.4 Å². The Morgan fingerprint density at radius 2 is 1.81 bits per heavy atom. The van der Waals surface area contributed by atoms with Crippen molar-refractivity contribution in [3.63, 3.8) is 0 Å². The minimum Gasteiger partial charge on any atom is -0.342 e. The Morgan fingerprint density at radius 1 is 1.00 bits per heavy atom. The van der Waals surface area contributed by atoms with Crippen molar-refractivity contribution in [1.29, 1.82) is 0 Å². The monoisotopic (exact) mass is 383 g/mol. The zero-order valence-corrected chi connectivity index (χ0v) is 15.4. The van der Waals surface area contributed by atoms with Gasteiger partial charge in [0.25, 0.3) is 5.91 Å². The number of nitrogens with one attached hydrogen (secondary N) is 2. The van der Waals surface area contributed by atoms with Gasteiger partial charge in [0.1, 0.15) is 0 Å². The average molecular weight is 383 g/mol. The Balaban J connectivity index is 1.55. The first-order valence-corrected chi connectivity index (χ1v) is 9.55. The minimum absolute atomic E-state index is 0.0998. The van der Waals surface area contributed by atoms with Gasteiger partial charge in [-0.25, -0.2) is 0 Å². The van der Waals surface area contributed by atoms with Gasteiger partial charge in [0.2, 0.25) is 5.91 Å². The predicted molar refractivity (Wildman–Crippen MR) is 107 cm³/mol. The van der Waals surface area contributed by atoms with Crippen molar-refractivity contribution >= 4 is 40.8 Å². The van der Waals surface area contributed by atoms with Crippen LogP contribution in [0.25, 0.3) is 10.4 Å². The Bertz CT molecular complexity index is 910. The fourth-order valence-corrected chi connectivity index (χ4v) is 3.60. The maximum Gasteiger partial charge on any atom is 0.261 e. The van der Waals surface area contributed by atoms with Gasteiger partial charge in [-0.3, -0.25) is 14.7 Å². The highest BCUT2D eigenvalue weighted by Gasteiger charge is 2.12. The van der Waals surface area contributed by atoms with Crippen molar-refractivity contribution < 1.29 is 9.59 Å². The molecule has 5 nitrogen and oxygen atoms in total. The fraction of sp³-hybridized carbons (Fsp3) is 0.0526. The summed E-state index contributed by atoms with van der Waals surface area (Å²) in [5.74, 6) is -0.559. The molecule has 2 aromatic carbocycles. The number of anilines is 1. The van der Waals surface area contributed by atoms with Crippen molar-refractivity contribution in [2.75, 3.05) is 11.9 Å². The largest absolute Gasteiger partial charge is 0.342 e. The number of carbonyl (C=O) groups excluding carboxylic acids is 2. The summed E-state index contributed by atoms with van der Waals surface area (Å²) in [5.41, 5.74) is 1.70. The molecule has 1 aromatic heterocycles. The molecule has 0 spiro atoms. The van der Waals surface area contributed by atoms with E-state index in [9.17, 15) is 9.59 Å². The second kappa shape index (κ2) is 8.66. The summed E-state index contributed by atoms with van der Waals surface area (Å²) in [7, 11) is 0. The molecule has 0 aliphatic heterocycles. The van der Waals surface area contributed by atoms with Crippen LogP contribution < -0.4 is 15.8 Å². The van der Waals surface area contributed by atoms with Crippen LogP contribution in [0.5, 0.6) is 0 Å². The number of hydrogen-bond acceptors (Lipinski definition) is 5. The minimum atomic E-state index is -0.294.